The van der Waals surface area contributed by atoms with Gasteiger partial charge in [0.05, 0.1) is 0 Å². The monoisotopic (exact) mass is 754 g/mol. The Bertz CT molecular complexity index is 2930. The fraction of sp³-hybridized carbons (Fsp3) is 0.0208. The first-order chi connectivity index (χ1) is 26.8. The van der Waals surface area contributed by atoms with Crippen LogP contribution in [0.2, 0.25) is 0 Å². The molecule has 0 radical (unpaired) electrons. The van der Waals surface area contributed by atoms with Crippen LogP contribution in [0, 0.1) is 0 Å². The summed E-state index contributed by atoms with van der Waals surface area (Å²) in [5, 5.41) is 2.36. The molecule has 0 atom stereocenters. The van der Waals surface area contributed by atoms with E-state index in [1.807, 2.05) is 18.3 Å². The number of para-hydroxylation sites is 3. The number of hydrogen-bond acceptors (Lipinski definition) is 4. The molecule has 54 heavy (non-hydrogen) atoms. The van der Waals surface area contributed by atoms with Crippen molar-refractivity contribution in [3.05, 3.63) is 182 Å². The number of rotatable bonds is 4. The zero-order valence-electron chi connectivity index (χ0n) is 29.2. The minimum atomic E-state index is -3.49. The van der Waals surface area contributed by atoms with E-state index in [0.717, 1.165) is 35.0 Å². The fourth-order valence-corrected chi connectivity index (χ4v) is 21.3. The molecule has 254 valence electrons. The summed E-state index contributed by atoms with van der Waals surface area (Å²) in [5.41, 5.74) is 9.96. The summed E-state index contributed by atoms with van der Waals surface area (Å²) in [5.74, 6) is 2.50. The number of fused-ring (bicyclic) bond motifs is 12. The van der Waals surface area contributed by atoms with Gasteiger partial charge in [-0.3, -0.25) is 0 Å². The third-order valence-electron chi connectivity index (χ3n) is 11.7. The molecule has 0 fully saturated rings. The number of nitrogens with zero attached hydrogens (tertiary/aromatic N) is 4. The van der Waals surface area contributed by atoms with Crippen LogP contribution in [0.1, 0.15) is 0 Å². The molecule has 7 aromatic carbocycles. The maximum atomic E-state index is 6.89. The van der Waals surface area contributed by atoms with E-state index in [0.29, 0.717) is 0 Å². The van der Waals surface area contributed by atoms with Crippen LogP contribution in [0.3, 0.4) is 0 Å². The first-order valence-electron chi connectivity index (χ1n) is 18.5. The Labute approximate surface area is 315 Å². The van der Waals surface area contributed by atoms with Crippen molar-refractivity contribution >= 4 is 75.4 Å². The molecule has 5 nitrogen and oxygen atoms in total. The van der Waals surface area contributed by atoms with Gasteiger partial charge in [0.1, 0.15) is 0 Å². The summed E-state index contributed by atoms with van der Waals surface area (Å²) in [6.07, 6.45) is 1.85. The first kappa shape index (κ1) is 30.0. The molecule has 6 heteroatoms. The Hall–Kier alpha value is -6.57. The van der Waals surface area contributed by atoms with Crippen molar-refractivity contribution in [2.45, 2.75) is 0 Å². The SMILES string of the molecule is c1ccc(N2CN3c4cc(Oc5ccc6c7ccccc7n(-c7ccccn7)c6c5)cc[c]4[Ge]4([c]5ccccc5-c5cccc[c]54)[c]4cccc2c43)cc1. The second kappa shape index (κ2) is 11.2. The van der Waals surface area contributed by atoms with E-state index < -0.39 is 13.3 Å². The Kier molecular flexibility index (Phi) is 6.22. The topological polar surface area (TPSA) is 33.5 Å². The number of pyridine rings is 1. The van der Waals surface area contributed by atoms with E-state index in [2.05, 4.69) is 178 Å². The van der Waals surface area contributed by atoms with E-state index in [1.165, 1.54) is 62.2 Å². The molecule has 0 saturated heterocycles. The molecule has 12 rings (SSSR count). The maximum absolute atomic E-state index is 6.89. The molecule has 0 amide bonds. The molecule has 0 unspecified atom stereocenters. The van der Waals surface area contributed by atoms with E-state index in [1.54, 1.807) is 0 Å². The van der Waals surface area contributed by atoms with Crippen LogP contribution < -0.4 is 32.1 Å². The molecule has 3 aliphatic rings. The van der Waals surface area contributed by atoms with Gasteiger partial charge >= 0.3 is 311 Å². The number of anilines is 4. The average molecular weight is 753 g/mol. The molecule has 0 saturated carbocycles. The summed E-state index contributed by atoms with van der Waals surface area (Å²) in [7, 11) is 0. The van der Waals surface area contributed by atoms with Crippen LogP contribution in [0.25, 0.3) is 38.8 Å². The molecule has 1 spiro atoms. The van der Waals surface area contributed by atoms with Crippen molar-refractivity contribution in [2.75, 3.05) is 16.5 Å². The van der Waals surface area contributed by atoms with Crippen molar-refractivity contribution in [3.63, 3.8) is 0 Å². The summed E-state index contributed by atoms with van der Waals surface area (Å²) >= 11 is -3.49. The van der Waals surface area contributed by atoms with Gasteiger partial charge in [0.15, 0.2) is 0 Å². The van der Waals surface area contributed by atoms with Gasteiger partial charge in [-0.25, -0.2) is 0 Å². The van der Waals surface area contributed by atoms with E-state index >= 15 is 0 Å². The Morgan fingerprint density at radius 1 is 0.481 bits per heavy atom. The van der Waals surface area contributed by atoms with E-state index in [-0.39, 0.29) is 0 Å². The summed E-state index contributed by atoms with van der Waals surface area (Å²) in [4.78, 5) is 9.75. The van der Waals surface area contributed by atoms with Crippen molar-refractivity contribution in [1.82, 2.24) is 9.55 Å². The molecule has 0 N–H and O–H groups in total. The van der Waals surface area contributed by atoms with Gasteiger partial charge in [0, 0.05) is 0 Å². The number of hydrogen-bond donors (Lipinski definition) is 0. The Balaban J connectivity index is 1.07. The quantitative estimate of drug-likeness (QED) is 0.168. The fourth-order valence-electron chi connectivity index (χ4n) is 9.61. The van der Waals surface area contributed by atoms with Gasteiger partial charge in [-0.2, -0.15) is 0 Å². The van der Waals surface area contributed by atoms with Crippen LogP contribution in [0.15, 0.2) is 182 Å². The minimum absolute atomic E-state index is 0.727. The zero-order chi connectivity index (χ0) is 35.4. The summed E-state index contributed by atoms with van der Waals surface area (Å²) < 4.78 is 15.1. The first-order valence-corrected chi connectivity index (χ1v) is 22.7. The standard InChI is InChI=1S/C48H32GeN4O/c1-2-13-32(14-3-1)51-31-52-46-30-34(54-33-24-26-38-37-17-6-9-21-43(37)53(45(38)29-33)47-23-10-11-28-50-47)25-27-41(46)49(42-20-12-22-44(51)48(42)52)39-18-7-4-15-35(39)36-16-5-8-19-40(36)49/h1-30H,31H2. The van der Waals surface area contributed by atoms with Crippen LogP contribution in [-0.4, -0.2) is 29.5 Å². The number of benzene rings is 7. The van der Waals surface area contributed by atoms with Crippen molar-refractivity contribution < 1.29 is 4.74 Å². The predicted octanol–water partition coefficient (Wildman–Crippen LogP) is 8.89. The molecular formula is C48H32GeN4O. The van der Waals surface area contributed by atoms with Crippen LogP contribution in [0.4, 0.5) is 22.7 Å². The second-order valence-electron chi connectivity index (χ2n) is 14.3. The Morgan fingerprint density at radius 2 is 1.17 bits per heavy atom. The molecule has 2 aromatic heterocycles. The van der Waals surface area contributed by atoms with Crippen molar-refractivity contribution in [2.24, 2.45) is 0 Å². The summed E-state index contributed by atoms with van der Waals surface area (Å²) in [6, 6.07) is 64.1. The van der Waals surface area contributed by atoms with Crippen molar-refractivity contribution in [1.29, 1.82) is 0 Å². The third-order valence-corrected chi connectivity index (χ3v) is 22.0. The van der Waals surface area contributed by atoms with Gasteiger partial charge in [-0.15, -0.1) is 0 Å². The molecule has 9 aromatic rings. The normalized spacial score (nSPS) is 14.3. The number of ether oxygens (including phenoxy) is 1. The molecule has 0 bridgehead atoms. The van der Waals surface area contributed by atoms with Crippen LogP contribution in [-0.2, 0) is 0 Å². The average Bonchev–Trinajstić information content (AvgIpc) is 3.88. The van der Waals surface area contributed by atoms with Gasteiger partial charge in [-0.1, -0.05) is 0 Å². The zero-order valence-corrected chi connectivity index (χ0v) is 31.3. The second-order valence-corrected chi connectivity index (χ2v) is 22.0. The van der Waals surface area contributed by atoms with Gasteiger partial charge < -0.3 is 0 Å². The van der Waals surface area contributed by atoms with E-state index in [9.17, 15) is 0 Å². The van der Waals surface area contributed by atoms with Crippen molar-refractivity contribution in [3.8, 4) is 28.4 Å². The van der Waals surface area contributed by atoms with E-state index in [4.69, 9.17) is 9.72 Å². The van der Waals surface area contributed by atoms with Crippen LogP contribution >= 0.6 is 0 Å². The molecule has 3 aliphatic heterocycles. The molecule has 5 heterocycles. The molecular weight excluding hydrogens is 721 g/mol. The van der Waals surface area contributed by atoms with Gasteiger partial charge in [-0.05, 0) is 6.07 Å². The van der Waals surface area contributed by atoms with Crippen LogP contribution in [0.5, 0.6) is 11.5 Å². The summed E-state index contributed by atoms with van der Waals surface area (Å²) in [6.45, 7) is 0.727. The molecule has 0 aliphatic carbocycles. The van der Waals surface area contributed by atoms with Gasteiger partial charge in [0.2, 0.25) is 0 Å². The predicted molar refractivity (Wildman–Crippen MR) is 223 cm³/mol. The van der Waals surface area contributed by atoms with Gasteiger partial charge in [0.25, 0.3) is 0 Å². The third kappa shape index (κ3) is 3.96. The Morgan fingerprint density at radius 3 is 1.98 bits per heavy atom. The number of aromatic nitrogens is 2.